The summed E-state index contributed by atoms with van der Waals surface area (Å²) in [6.45, 7) is 3.77. The Labute approximate surface area is 106 Å². The molecule has 1 unspecified atom stereocenters. The van der Waals surface area contributed by atoms with Crippen LogP contribution in [0, 0.1) is 12.7 Å². The molecule has 0 bridgehead atoms. The van der Waals surface area contributed by atoms with E-state index in [1.807, 2.05) is 26.0 Å². The molecule has 2 aromatic rings. The molecule has 0 saturated carbocycles. The summed E-state index contributed by atoms with van der Waals surface area (Å²) in [5, 5.41) is 0. The minimum absolute atomic E-state index is 0.0435. The van der Waals surface area contributed by atoms with Crippen molar-refractivity contribution >= 4 is 0 Å². The second-order valence-corrected chi connectivity index (χ2v) is 4.57. The Morgan fingerprint density at radius 1 is 1.33 bits per heavy atom. The molecule has 1 atom stereocenters. The van der Waals surface area contributed by atoms with E-state index in [1.54, 1.807) is 6.20 Å². The number of nitrogens with zero attached hydrogens (tertiary/aromatic N) is 2. The van der Waals surface area contributed by atoms with Gasteiger partial charge in [-0.1, -0.05) is 0 Å². The molecule has 0 radical (unpaired) electrons. The highest BCUT2D eigenvalue weighted by molar-refractivity contribution is 5.56. The summed E-state index contributed by atoms with van der Waals surface area (Å²) >= 11 is 0. The Kier molecular flexibility index (Phi) is 3.67. The summed E-state index contributed by atoms with van der Waals surface area (Å²) < 4.78 is 13.3. The van der Waals surface area contributed by atoms with Crippen molar-refractivity contribution in [2.24, 2.45) is 5.73 Å². The van der Waals surface area contributed by atoms with Gasteiger partial charge < -0.3 is 5.73 Å². The Hall–Kier alpha value is -1.81. The van der Waals surface area contributed by atoms with E-state index in [9.17, 15) is 4.39 Å². The fourth-order valence-electron chi connectivity index (χ4n) is 1.84. The van der Waals surface area contributed by atoms with Crippen molar-refractivity contribution in [3.63, 3.8) is 0 Å². The van der Waals surface area contributed by atoms with Crippen molar-refractivity contribution in [2.75, 3.05) is 0 Å². The van der Waals surface area contributed by atoms with Gasteiger partial charge in [-0.05, 0) is 43.7 Å². The minimum atomic E-state index is -0.272. The number of aromatic nitrogens is 2. The second kappa shape index (κ2) is 5.23. The van der Waals surface area contributed by atoms with Crippen molar-refractivity contribution in [1.82, 2.24) is 9.97 Å². The highest BCUT2D eigenvalue weighted by Gasteiger charge is 2.06. The van der Waals surface area contributed by atoms with Gasteiger partial charge in [0, 0.05) is 29.9 Å². The summed E-state index contributed by atoms with van der Waals surface area (Å²) in [6.07, 6.45) is 2.37. The van der Waals surface area contributed by atoms with Gasteiger partial charge >= 0.3 is 0 Å². The third-order valence-corrected chi connectivity index (χ3v) is 2.54. The highest BCUT2D eigenvalue weighted by Crippen LogP contribution is 2.18. The third-order valence-electron chi connectivity index (χ3n) is 2.54. The van der Waals surface area contributed by atoms with Gasteiger partial charge in [-0.3, -0.25) is 0 Å². The average Bonchev–Trinajstić information content (AvgIpc) is 2.27. The maximum Gasteiger partial charge on any atom is 0.159 e. The smallest absolute Gasteiger partial charge is 0.159 e. The molecule has 0 saturated heterocycles. The molecule has 18 heavy (non-hydrogen) atoms. The van der Waals surface area contributed by atoms with Gasteiger partial charge in [-0.15, -0.1) is 0 Å². The van der Waals surface area contributed by atoms with E-state index in [1.165, 1.54) is 12.1 Å². The monoisotopic (exact) mass is 245 g/mol. The van der Waals surface area contributed by atoms with Crippen molar-refractivity contribution in [1.29, 1.82) is 0 Å². The topological polar surface area (TPSA) is 51.8 Å². The SMILES string of the molecule is Cc1cc(F)cc(-c2nccc(CC(C)N)n2)c1. The first-order valence-corrected chi connectivity index (χ1v) is 5.89. The number of halogens is 1. The lowest BCUT2D eigenvalue weighted by atomic mass is 10.1. The first-order chi connectivity index (χ1) is 8.54. The van der Waals surface area contributed by atoms with E-state index in [-0.39, 0.29) is 11.9 Å². The van der Waals surface area contributed by atoms with Crippen LogP contribution in [0.2, 0.25) is 0 Å². The predicted molar refractivity (Wildman–Crippen MR) is 69.5 cm³/mol. The maximum absolute atomic E-state index is 13.3. The Morgan fingerprint density at radius 3 is 2.78 bits per heavy atom. The molecule has 94 valence electrons. The number of hydrogen-bond acceptors (Lipinski definition) is 3. The van der Waals surface area contributed by atoms with Gasteiger partial charge in [0.2, 0.25) is 0 Å². The summed E-state index contributed by atoms with van der Waals surface area (Å²) in [7, 11) is 0. The van der Waals surface area contributed by atoms with E-state index in [2.05, 4.69) is 9.97 Å². The second-order valence-electron chi connectivity index (χ2n) is 4.57. The van der Waals surface area contributed by atoms with Gasteiger partial charge in [-0.25, -0.2) is 14.4 Å². The third kappa shape index (κ3) is 3.11. The van der Waals surface area contributed by atoms with Crippen LogP contribution in [0.15, 0.2) is 30.5 Å². The molecule has 0 aliphatic heterocycles. The Balaban J connectivity index is 2.38. The van der Waals surface area contributed by atoms with Crippen LogP contribution in [0.4, 0.5) is 4.39 Å². The lowest BCUT2D eigenvalue weighted by molar-refractivity contribution is 0.627. The Morgan fingerprint density at radius 2 is 2.11 bits per heavy atom. The quantitative estimate of drug-likeness (QED) is 0.903. The lowest BCUT2D eigenvalue weighted by Crippen LogP contribution is -2.18. The van der Waals surface area contributed by atoms with Gasteiger partial charge in [0.05, 0.1) is 0 Å². The molecular formula is C14H16FN3. The number of rotatable bonds is 3. The molecule has 2 N–H and O–H groups in total. The van der Waals surface area contributed by atoms with Crippen LogP contribution in [-0.2, 0) is 6.42 Å². The average molecular weight is 245 g/mol. The van der Waals surface area contributed by atoms with Crippen molar-refractivity contribution < 1.29 is 4.39 Å². The minimum Gasteiger partial charge on any atom is -0.328 e. The van der Waals surface area contributed by atoms with Gasteiger partial charge in [0.1, 0.15) is 5.82 Å². The summed E-state index contributed by atoms with van der Waals surface area (Å²) in [4.78, 5) is 8.59. The molecule has 0 amide bonds. The summed E-state index contributed by atoms with van der Waals surface area (Å²) in [5.41, 5.74) is 8.16. The number of benzene rings is 1. The van der Waals surface area contributed by atoms with Crippen molar-refractivity contribution in [3.05, 3.63) is 47.5 Å². The van der Waals surface area contributed by atoms with Crippen molar-refractivity contribution in [3.8, 4) is 11.4 Å². The first-order valence-electron chi connectivity index (χ1n) is 5.89. The van der Waals surface area contributed by atoms with E-state index < -0.39 is 0 Å². The normalized spacial score (nSPS) is 12.4. The zero-order chi connectivity index (χ0) is 13.1. The zero-order valence-corrected chi connectivity index (χ0v) is 10.5. The van der Waals surface area contributed by atoms with E-state index in [0.717, 1.165) is 11.3 Å². The maximum atomic E-state index is 13.3. The fourth-order valence-corrected chi connectivity index (χ4v) is 1.84. The van der Waals surface area contributed by atoms with E-state index >= 15 is 0 Å². The highest BCUT2D eigenvalue weighted by atomic mass is 19.1. The molecule has 1 aromatic carbocycles. The molecule has 0 spiro atoms. The molecule has 4 heteroatoms. The van der Waals surface area contributed by atoms with Crippen LogP contribution >= 0.6 is 0 Å². The fraction of sp³-hybridized carbons (Fsp3) is 0.286. The van der Waals surface area contributed by atoms with Gasteiger partial charge in [-0.2, -0.15) is 0 Å². The largest absolute Gasteiger partial charge is 0.328 e. The molecule has 0 aliphatic rings. The summed E-state index contributed by atoms with van der Waals surface area (Å²) in [6, 6.07) is 6.67. The van der Waals surface area contributed by atoms with Gasteiger partial charge in [0.15, 0.2) is 5.82 Å². The van der Waals surface area contributed by atoms with Crippen molar-refractivity contribution in [2.45, 2.75) is 26.3 Å². The first kappa shape index (κ1) is 12.6. The van der Waals surface area contributed by atoms with Crippen LogP contribution in [-0.4, -0.2) is 16.0 Å². The number of aryl methyl sites for hydroxylation is 1. The molecule has 2 rings (SSSR count). The molecule has 1 aromatic heterocycles. The molecule has 0 fully saturated rings. The molecular weight excluding hydrogens is 229 g/mol. The van der Waals surface area contributed by atoms with Crippen LogP contribution in [0.25, 0.3) is 11.4 Å². The summed E-state index contributed by atoms with van der Waals surface area (Å²) in [5.74, 6) is 0.266. The molecule has 3 nitrogen and oxygen atoms in total. The zero-order valence-electron chi connectivity index (χ0n) is 10.5. The standard InChI is InChI=1S/C14H16FN3/c1-9-5-11(8-12(15)6-9)14-17-4-3-13(18-14)7-10(2)16/h3-6,8,10H,7,16H2,1-2H3. The number of hydrogen-bond donors (Lipinski definition) is 1. The predicted octanol–water partition coefficient (Wildman–Crippen LogP) is 2.48. The van der Waals surface area contributed by atoms with E-state index in [0.29, 0.717) is 17.8 Å². The molecule has 0 aliphatic carbocycles. The van der Waals surface area contributed by atoms with Crippen LogP contribution < -0.4 is 5.73 Å². The van der Waals surface area contributed by atoms with Crippen LogP contribution in [0.5, 0.6) is 0 Å². The number of nitrogens with two attached hydrogens (primary N) is 1. The molecule has 1 heterocycles. The van der Waals surface area contributed by atoms with Crippen LogP contribution in [0.1, 0.15) is 18.2 Å². The Bertz CT molecular complexity index is 532. The lowest BCUT2D eigenvalue weighted by Gasteiger charge is -2.07. The van der Waals surface area contributed by atoms with E-state index in [4.69, 9.17) is 5.73 Å². The van der Waals surface area contributed by atoms with Gasteiger partial charge in [0.25, 0.3) is 0 Å². The van der Waals surface area contributed by atoms with Crippen LogP contribution in [0.3, 0.4) is 0 Å².